The predicted octanol–water partition coefficient (Wildman–Crippen LogP) is 2.00. The van der Waals surface area contributed by atoms with E-state index >= 15 is 0 Å². The molecule has 6 aliphatic carbocycles. The maximum atomic E-state index is 12.5. The zero-order valence-corrected chi connectivity index (χ0v) is 12.6. The highest BCUT2D eigenvalue weighted by molar-refractivity contribution is 5.88. The van der Waals surface area contributed by atoms with Crippen LogP contribution in [-0.4, -0.2) is 22.3 Å². The standard InChI is InChI=1S/C18H24N2O/c21-18-15-11-1-2-12(8-11)17(15)20(19-18)16-13-4-9-3-10(6-13)7-14(16)5-9/h9-15,17H,1-8H2/t9?,10?,11-,12+,13?,14?,15+,17-/m1/s1. The summed E-state index contributed by atoms with van der Waals surface area (Å²) in [6, 6.07) is 0.476. The Balaban J connectivity index is 1.47. The minimum atomic E-state index is 0.230. The molecule has 6 saturated carbocycles. The van der Waals surface area contributed by atoms with Crippen LogP contribution >= 0.6 is 0 Å². The second-order valence-corrected chi connectivity index (χ2v) is 8.86. The number of hydrazone groups is 1. The van der Waals surface area contributed by atoms with Gasteiger partial charge < -0.3 is 5.11 Å². The molecule has 4 atom stereocenters. The molecular weight excluding hydrogens is 260 g/mol. The average molecular weight is 284 g/mol. The van der Waals surface area contributed by atoms with E-state index in [1.807, 2.05) is 0 Å². The van der Waals surface area contributed by atoms with Crippen molar-refractivity contribution < 1.29 is 9.79 Å². The maximum absolute atomic E-state index is 12.5. The Morgan fingerprint density at radius 2 is 1.52 bits per heavy atom. The van der Waals surface area contributed by atoms with E-state index in [9.17, 15) is 5.11 Å². The van der Waals surface area contributed by atoms with Crippen molar-refractivity contribution in [3.8, 4) is 0 Å². The first-order chi connectivity index (χ1) is 10.3. The highest BCUT2D eigenvalue weighted by Gasteiger charge is 2.60. The molecular formula is C18H24N2O. The van der Waals surface area contributed by atoms with Crippen LogP contribution in [0.5, 0.6) is 0 Å². The van der Waals surface area contributed by atoms with Gasteiger partial charge in [-0.25, -0.2) is 0 Å². The Morgan fingerprint density at radius 3 is 2.24 bits per heavy atom. The van der Waals surface area contributed by atoms with E-state index in [0.29, 0.717) is 12.0 Å². The van der Waals surface area contributed by atoms with Gasteiger partial charge in [0.15, 0.2) is 11.8 Å². The summed E-state index contributed by atoms with van der Waals surface area (Å²) in [6.45, 7) is 0. The fourth-order valence-corrected chi connectivity index (χ4v) is 7.47. The van der Waals surface area contributed by atoms with Crippen molar-refractivity contribution in [3.05, 3.63) is 0 Å². The van der Waals surface area contributed by atoms with Crippen molar-refractivity contribution in [1.29, 1.82) is 0 Å². The van der Waals surface area contributed by atoms with E-state index in [0.717, 1.165) is 29.6 Å². The third kappa shape index (κ3) is 1.37. The number of fused-ring (bicyclic) bond motifs is 5. The fraction of sp³-hybridized carbons (Fsp3) is 0.889. The third-order valence-electron chi connectivity index (χ3n) is 7.89. The molecule has 6 fully saturated rings. The van der Waals surface area contributed by atoms with Crippen LogP contribution in [0.1, 0.15) is 51.4 Å². The van der Waals surface area contributed by atoms with Gasteiger partial charge in [-0.3, -0.25) is 0 Å². The quantitative estimate of drug-likeness (QED) is 0.627. The summed E-state index contributed by atoms with van der Waals surface area (Å²) in [5.41, 5.74) is 1.62. The molecule has 3 heteroatoms. The summed E-state index contributed by atoms with van der Waals surface area (Å²) in [7, 11) is 0. The first-order valence-corrected chi connectivity index (χ1v) is 9.19. The molecule has 0 amide bonds. The Labute approximate surface area is 126 Å². The van der Waals surface area contributed by atoms with Crippen LogP contribution in [-0.2, 0) is 0 Å². The summed E-state index contributed by atoms with van der Waals surface area (Å²) in [6.07, 6.45) is 11.0. The highest BCUT2D eigenvalue weighted by atomic mass is 16.3. The molecule has 3 nitrogen and oxygen atoms in total. The predicted molar refractivity (Wildman–Crippen MR) is 77.9 cm³/mol. The molecule has 6 bridgehead atoms. The van der Waals surface area contributed by atoms with Gasteiger partial charge in [0.1, 0.15) is 0 Å². The largest absolute Gasteiger partial charge is 0.857 e. The number of hydrogen-bond donors (Lipinski definition) is 0. The Bertz CT molecular complexity index is 548. The molecule has 0 N–H and O–H groups in total. The summed E-state index contributed by atoms with van der Waals surface area (Å²) in [4.78, 5) is 0. The van der Waals surface area contributed by atoms with Crippen LogP contribution in [0, 0.1) is 41.4 Å². The van der Waals surface area contributed by atoms with Gasteiger partial charge >= 0.3 is 0 Å². The van der Waals surface area contributed by atoms with Crippen LogP contribution in [0.25, 0.3) is 0 Å². The second-order valence-electron chi connectivity index (χ2n) is 8.86. The summed E-state index contributed by atoms with van der Waals surface area (Å²) < 4.78 is 2.34. The Morgan fingerprint density at radius 1 is 0.857 bits per heavy atom. The Kier molecular flexibility index (Phi) is 2.07. The van der Waals surface area contributed by atoms with Gasteiger partial charge in [0.25, 0.3) is 0 Å². The number of nitrogens with zero attached hydrogens (tertiary/aromatic N) is 2. The van der Waals surface area contributed by atoms with Crippen LogP contribution in [0.2, 0.25) is 0 Å². The van der Waals surface area contributed by atoms with E-state index in [1.165, 1.54) is 51.4 Å². The lowest BCUT2D eigenvalue weighted by molar-refractivity contribution is -0.579. The van der Waals surface area contributed by atoms with E-state index in [2.05, 4.69) is 9.79 Å². The van der Waals surface area contributed by atoms with Crippen molar-refractivity contribution in [2.75, 3.05) is 0 Å². The topological polar surface area (TPSA) is 38.4 Å². The first-order valence-electron chi connectivity index (χ1n) is 9.19. The highest BCUT2D eigenvalue weighted by Crippen LogP contribution is 2.55. The van der Waals surface area contributed by atoms with Gasteiger partial charge in [-0.05, 0) is 74.2 Å². The van der Waals surface area contributed by atoms with Crippen LogP contribution in [0.4, 0.5) is 0 Å². The number of rotatable bonds is 0. The van der Waals surface area contributed by atoms with Gasteiger partial charge in [0.2, 0.25) is 0 Å². The lowest BCUT2D eigenvalue weighted by atomic mass is 9.55. The number of hydrogen-bond acceptors (Lipinski definition) is 2. The third-order valence-corrected chi connectivity index (χ3v) is 7.89. The van der Waals surface area contributed by atoms with Crippen LogP contribution in [0.15, 0.2) is 5.10 Å². The normalized spacial score (nSPS) is 56.3. The SMILES string of the molecule is [O-]C1=N[N+](=C2C3CC4CC(C3)CC2C4)[C@@H]2[C@H]3CC[C@H](C3)[C@H]12. The summed E-state index contributed by atoms with van der Waals surface area (Å²) in [5.74, 6) is 5.46. The molecule has 0 aromatic rings. The molecule has 0 aromatic carbocycles. The van der Waals surface area contributed by atoms with Gasteiger partial charge in [-0.1, -0.05) is 4.68 Å². The molecule has 1 heterocycles. The molecule has 1 aliphatic heterocycles. The van der Waals surface area contributed by atoms with Gasteiger partial charge in [-0.15, -0.1) is 0 Å². The van der Waals surface area contributed by atoms with E-state index < -0.39 is 0 Å². The van der Waals surface area contributed by atoms with Crippen molar-refractivity contribution in [3.63, 3.8) is 0 Å². The van der Waals surface area contributed by atoms with Gasteiger partial charge in [-0.2, -0.15) is 0 Å². The van der Waals surface area contributed by atoms with Crippen molar-refractivity contribution in [2.45, 2.75) is 57.4 Å². The smallest absolute Gasteiger partial charge is 0.194 e. The second kappa shape index (κ2) is 3.72. The minimum absolute atomic E-state index is 0.230. The lowest BCUT2D eigenvalue weighted by Gasteiger charge is -2.48. The van der Waals surface area contributed by atoms with Crippen LogP contribution in [0.3, 0.4) is 0 Å². The molecule has 0 aromatic heterocycles. The zero-order valence-electron chi connectivity index (χ0n) is 12.6. The Hall–Kier alpha value is -0.860. The average Bonchev–Trinajstić information content (AvgIpc) is 3.12. The van der Waals surface area contributed by atoms with E-state index in [1.54, 1.807) is 5.71 Å². The van der Waals surface area contributed by atoms with E-state index in [4.69, 9.17) is 0 Å². The molecule has 7 aliphatic rings. The monoisotopic (exact) mass is 284 g/mol. The van der Waals surface area contributed by atoms with E-state index in [-0.39, 0.29) is 11.8 Å². The fourth-order valence-electron chi connectivity index (χ4n) is 7.47. The molecule has 21 heavy (non-hydrogen) atoms. The van der Waals surface area contributed by atoms with Crippen molar-refractivity contribution >= 4 is 11.6 Å². The summed E-state index contributed by atoms with van der Waals surface area (Å²) in [5, 5.41) is 17.1. The van der Waals surface area contributed by atoms with Crippen molar-refractivity contribution in [1.82, 2.24) is 0 Å². The molecule has 7 rings (SSSR count). The maximum Gasteiger partial charge on any atom is 0.194 e. The van der Waals surface area contributed by atoms with Gasteiger partial charge in [0, 0.05) is 23.7 Å². The van der Waals surface area contributed by atoms with Gasteiger partial charge in [0.05, 0.1) is 5.92 Å². The molecule has 0 radical (unpaired) electrons. The minimum Gasteiger partial charge on any atom is -0.857 e. The van der Waals surface area contributed by atoms with Crippen molar-refractivity contribution in [2.24, 2.45) is 46.5 Å². The van der Waals surface area contributed by atoms with Crippen LogP contribution < -0.4 is 5.11 Å². The first kappa shape index (κ1) is 11.7. The molecule has 112 valence electrons. The molecule has 0 spiro atoms. The lowest BCUT2D eigenvalue weighted by Crippen LogP contribution is -2.50. The molecule has 0 saturated heterocycles. The molecule has 0 unspecified atom stereocenters. The zero-order chi connectivity index (χ0) is 13.7. The summed E-state index contributed by atoms with van der Waals surface area (Å²) >= 11 is 0.